The Balaban J connectivity index is 2.76. The molecule has 1 aromatic carbocycles. The lowest BCUT2D eigenvalue weighted by atomic mass is 10.2. The highest BCUT2D eigenvalue weighted by Crippen LogP contribution is 2.22. The minimum Gasteiger partial charge on any atom is -0.480 e. The molecule has 5 heteroatoms. The summed E-state index contributed by atoms with van der Waals surface area (Å²) in [5, 5.41) is 8.98. The first-order valence-electron chi connectivity index (χ1n) is 4.77. The van der Waals surface area contributed by atoms with E-state index in [4.69, 9.17) is 9.84 Å². The number of benzene rings is 1. The number of nitrogens with zero attached hydrogens (tertiary/aromatic N) is 1. The second-order valence-electron chi connectivity index (χ2n) is 3.46. The van der Waals surface area contributed by atoms with Crippen molar-refractivity contribution in [2.24, 2.45) is 0 Å². The van der Waals surface area contributed by atoms with E-state index in [9.17, 15) is 9.18 Å². The molecule has 88 valence electrons. The van der Waals surface area contributed by atoms with Gasteiger partial charge in [-0.1, -0.05) is 12.1 Å². The molecule has 0 spiro atoms. The number of hydrogen-bond acceptors (Lipinski definition) is 3. The van der Waals surface area contributed by atoms with Crippen molar-refractivity contribution in [3.63, 3.8) is 0 Å². The van der Waals surface area contributed by atoms with E-state index in [0.717, 1.165) is 0 Å². The normalized spacial score (nSPS) is 10.0. The van der Waals surface area contributed by atoms with Gasteiger partial charge in [-0.15, -0.1) is 0 Å². The number of amides is 1. The molecular formula is C11H14FNO3. The Kier molecular flexibility index (Phi) is 4.25. The van der Waals surface area contributed by atoms with Gasteiger partial charge in [-0.05, 0) is 6.07 Å². The zero-order valence-corrected chi connectivity index (χ0v) is 9.24. The summed E-state index contributed by atoms with van der Waals surface area (Å²) in [6.45, 7) is -0.579. The Labute approximate surface area is 93.3 Å². The summed E-state index contributed by atoms with van der Waals surface area (Å²) in [5.41, 5.74) is 0.326. The first kappa shape index (κ1) is 12.4. The van der Waals surface area contributed by atoms with Crippen LogP contribution < -0.4 is 4.74 Å². The first-order valence-corrected chi connectivity index (χ1v) is 4.77. The average molecular weight is 227 g/mol. The SMILES string of the molecule is CN(C)C(=O)COc1c(F)cccc1CO. The molecule has 0 atom stereocenters. The Morgan fingerprint density at radius 2 is 2.19 bits per heavy atom. The molecule has 1 aromatic rings. The van der Waals surface area contributed by atoms with E-state index in [1.54, 1.807) is 20.2 Å². The molecule has 0 saturated carbocycles. The van der Waals surface area contributed by atoms with Gasteiger partial charge in [-0.25, -0.2) is 4.39 Å². The molecule has 1 N–H and O–H groups in total. The lowest BCUT2D eigenvalue weighted by molar-refractivity contribution is -0.130. The van der Waals surface area contributed by atoms with Gasteiger partial charge in [0.25, 0.3) is 5.91 Å². The molecule has 0 aliphatic carbocycles. The van der Waals surface area contributed by atoms with Crippen LogP contribution in [0.1, 0.15) is 5.56 Å². The van der Waals surface area contributed by atoms with Gasteiger partial charge in [0.1, 0.15) is 0 Å². The molecule has 1 rings (SSSR count). The van der Waals surface area contributed by atoms with Gasteiger partial charge in [-0.3, -0.25) is 4.79 Å². The third-order valence-electron chi connectivity index (χ3n) is 2.06. The van der Waals surface area contributed by atoms with Crippen LogP contribution in [0.5, 0.6) is 5.75 Å². The van der Waals surface area contributed by atoms with Gasteiger partial charge in [-0.2, -0.15) is 0 Å². The minimum absolute atomic E-state index is 0.0693. The van der Waals surface area contributed by atoms with Gasteiger partial charge in [0.05, 0.1) is 6.61 Å². The highest BCUT2D eigenvalue weighted by Gasteiger charge is 2.11. The fraction of sp³-hybridized carbons (Fsp3) is 0.364. The van der Waals surface area contributed by atoms with Gasteiger partial charge in [0.2, 0.25) is 0 Å². The number of likely N-dealkylation sites (N-methyl/N-ethyl adjacent to an activating group) is 1. The third-order valence-corrected chi connectivity index (χ3v) is 2.06. The van der Waals surface area contributed by atoms with Crippen molar-refractivity contribution < 1.29 is 19.0 Å². The van der Waals surface area contributed by atoms with E-state index < -0.39 is 5.82 Å². The molecule has 1 amide bonds. The van der Waals surface area contributed by atoms with E-state index in [1.165, 1.54) is 17.0 Å². The molecule has 0 heterocycles. The summed E-state index contributed by atoms with van der Waals surface area (Å²) >= 11 is 0. The molecule has 0 radical (unpaired) electrons. The number of ether oxygens (including phenoxy) is 1. The maximum atomic E-state index is 13.3. The number of carbonyl (C=O) groups excluding carboxylic acids is 1. The topological polar surface area (TPSA) is 49.8 Å². The van der Waals surface area contributed by atoms with Crippen molar-refractivity contribution in [3.05, 3.63) is 29.6 Å². The second kappa shape index (κ2) is 5.46. The van der Waals surface area contributed by atoms with Crippen LogP contribution in [-0.4, -0.2) is 36.6 Å². The van der Waals surface area contributed by atoms with Gasteiger partial charge in [0.15, 0.2) is 18.2 Å². The predicted molar refractivity (Wildman–Crippen MR) is 56.5 cm³/mol. The third kappa shape index (κ3) is 2.93. The smallest absolute Gasteiger partial charge is 0.259 e. The van der Waals surface area contributed by atoms with Crippen LogP contribution in [0.15, 0.2) is 18.2 Å². The zero-order chi connectivity index (χ0) is 12.1. The summed E-state index contributed by atoms with van der Waals surface area (Å²) in [6.07, 6.45) is 0. The Hall–Kier alpha value is -1.62. The fourth-order valence-corrected chi connectivity index (χ4v) is 1.10. The Morgan fingerprint density at radius 3 is 2.75 bits per heavy atom. The highest BCUT2D eigenvalue weighted by molar-refractivity contribution is 5.77. The summed E-state index contributed by atoms with van der Waals surface area (Å²) in [6, 6.07) is 4.23. The van der Waals surface area contributed by atoms with E-state index in [1.807, 2.05) is 0 Å². The largest absolute Gasteiger partial charge is 0.480 e. The molecule has 0 aliphatic heterocycles. The molecule has 0 saturated heterocycles. The molecule has 16 heavy (non-hydrogen) atoms. The van der Waals surface area contributed by atoms with E-state index in [-0.39, 0.29) is 24.9 Å². The quantitative estimate of drug-likeness (QED) is 0.827. The summed E-state index contributed by atoms with van der Waals surface area (Å²) in [4.78, 5) is 12.6. The van der Waals surface area contributed by atoms with Crippen LogP contribution in [0.2, 0.25) is 0 Å². The number of halogens is 1. The average Bonchev–Trinajstić information content (AvgIpc) is 2.26. The molecule has 0 bridgehead atoms. The zero-order valence-electron chi connectivity index (χ0n) is 9.24. The van der Waals surface area contributed by atoms with Crippen molar-refractivity contribution in [1.82, 2.24) is 4.90 Å². The van der Waals surface area contributed by atoms with Gasteiger partial charge < -0.3 is 14.7 Å². The molecule has 4 nitrogen and oxygen atoms in total. The van der Waals surface area contributed by atoms with Gasteiger partial charge >= 0.3 is 0 Å². The first-order chi connectivity index (χ1) is 7.56. The number of aliphatic hydroxyl groups excluding tert-OH is 1. The molecule has 0 aromatic heterocycles. The predicted octanol–water partition coefficient (Wildman–Crippen LogP) is 0.785. The monoisotopic (exact) mass is 227 g/mol. The molecule has 0 fully saturated rings. The standard InChI is InChI=1S/C11H14FNO3/c1-13(2)10(15)7-16-11-8(6-14)4-3-5-9(11)12/h3-5,14H,6-7H2,1-2H3. The number of aliphatic hydroxyl groups is 1. The van der Waals surface area contributed by atoms with Crippen LogP contribution in [0, 0.1) is 5.82 Å². The lowest BCUT2D eigenvalue weighted by Gasteiger charge is -2.13. The fourth-order valence-electron chi connectivity index (χ4n) is 1.10. The van der Waals surface area contributed by atoms with E-state index in [0.29, 0.717) is 5.56 Å². The number of hydrogen-bond donors (Lipinski definition) is 1. The second-order valence-corrected chi connectivity index (χ2v) is 3.46. The van der Waals surface area contributed by atoms with E-state index >= 15 is 0 Å². The van der Waals surface area contributed by atoms with Crippen molar-refractivity contribution in [2.75, 3.05) is 20.7 Å². The summed E-state index contributed by atoms with van der Waals surface area (Å²) < 4.78 is 18.4. The van der Waals surface area contributed by atoms with E-state index in [2.05, 4.69) is 0 Å². The van der Waals surface area contributed by atoms with Crippen LogP contribution in [0.3, 0.4) is 0 Å². The molecule has 0 aliphatic rings. The Morgan fingerprint density at radius 1 is 1.50 bits per heavy atom. The van der Waals surface area contributed by atoms with Gasteiger partial charge in [0, 0.05) is 19.7 Å². The number of para-hydroxylation sites is 1. The van der Waals surface area contributed by atoms with Crippen molar-refractivity contribution in [3.8, 4) is 5.75 Å². The number of carbonyl (C=O) groups is 1. The highest BCUT2D eigenvalue weighted by atomic mass is 19.1. The van der Waals surface area contributed by atoms with Crippen molar-refractivity contribution in [1.29, 1.82) is 0 Å². The molecular weight excluding hydrogens is 213 g/mol. The van der Waals surface area contributed by atoms with Crippen LogP contribution in [0.4, 0.5) is 4.39 Å². The van der Waals surface area contributed by atoms with Crippen LogP contribution in [-0.2, 0) is 11.4 Å². The van der Waals surface area contributed by atoms with Crippen molar-refractivity contribution >= 4 is 5.91 Å². The van der Waals surface area contributed by atoms with Crippen LogP contribution >= 0.6 is 0 Å². The maximum absolute atomic E-state index is 13.3. The van der Waals surface area contributed by atoms with Crippen LogP contribution in [0.25, 0.3) is 0 Å². The summed E-state index contributed by atoms with van der Waals surface area (Å²) in [5.74, 6) is -0.926. The Bertz CT molecular complexity index is 379. The maximum Gasteiger partial charge on any atom is 0.259 e. The molecule has 0 unspecified atom stereocenters. The number of rotatable bonds is 4. The lowest BCUT2D eigenvalue weighted by Crippen LogP contribution is -2.27. The summed E-state index contributed by atoms with van der Waals surface area (Å²) in [7, 11) is 3.17. The van der Waals surface area contributed by atoms with Crippen molar-refractivity contribution in [2.45, 2.75) is 6.61 Å². The minimum atomic E-state index is -0.585.